The highest BCUT2D eigenvalue weighted by Crippen LogP contribution is 2.14. The lowest BCUT2D eigenvalue weighted by Gasteiger charge is -2.14. The molecule has 0 bridgehead atoms. The number of carbonyl (C=O) groups excluding carboxylic acids is 1. The van der Waals surface area contributed by atoms with Crippen LogP contribution in [-0.4, -0.2) is 11.9 Å². The van der Waals surface area contributed by atoms with Crippen LogP contribution in [0, 0.1) is 5.82 Å². The van der Waals surface area contributed by atoms with E-state index >= 15 is 0 Å². The van der Waals surface area contributed by atoms with Gasteiger partial charge in [-0.1, -0.05) is 25.4 Å². The van der Waals surface area contributed by atoms with Gasteiger partial charge in [-0.15, -0.1) is 0 Å². The van der Waals surface area contributed by atoms with E-state index in [0.29, 0.717) is 0 Å². The second-order valence-electron chi connectivity index (χ2n) is 3.61. The van der Waals surface area contributed by atoms with Crippen LogP contribution in [0.4, 0.5) is 4.39 Å². The molecule has 88 valence electrons. The smallest absolute Gasteiger partial charge is 0.254 e. The van der Waals surface area contributed by atoms with Crippen LogP contribution in [0.15, 0.2) is 18.2 Å². The molecule has 1 N–H and O–H groups in total. The summed E-state index contributed by atoms with van der Waals surface area (Å²) in [6.45, 7) is 3.96. The Hall–Kier alpha value is -1.09. The quantitative estimate of drug-likeness (QED) is 0.863. The topological polar surface area (TPSA) is 29.1 Å². The molecule has 0 atom stereocenters. The lowest BCUT2D eigenvalue weighted by atomic mass is 10.1. The van der Waals surface area contributed by atoms with Gasteiger partial charge in [0.15, 0.2) is 0 Å². The molecule has 0 heterocycles. The van der Waals surface area contributed by atoms with E-state index in [1.54, 1.807) is 0 Å². The average Bonchev–Trinajstić information content (AvgIpc) is 2.25. The highest BCUT2D eigenvalue weighted by molar-refractivity contribution is 6.30. The van der Waals surface area contributed by atoms with E-state index in [0.717, 1.165) is 18.9 Å². The predicted molar refractivity (Wildman–Crippen MR) is 63.2 cm³/mol. The first-order valence-electron chi connectivity index (χ1n) is 5.34. The maximum atomic E-state index is 13.4. The number of nitrogens with one attached hydrogen (secondary N) is 1. The molecule has 0 spiro atoms. The predicted octanol–water partition coefficient (Wildman–Crippen LogP) is 3.40. The van der Waals surface area contributed by atoms with Gasteiger partial charge in [-0.25, -0.2) is 4.39 Å². The highest BCUT2D eigenvalue weighted by Gasteiger charge is 2.14. The van der Waals surface area contributed by atoms with Gasteiger partial charge in [0, 0.05) is 11.1 Å². The summed E-state index contributed by atoms with van der Waals surface area (Å²) < 4.78 is 13.4. The molecular weight excluding hydrogens is 229 g/mol. The largest absolute Gasteiger partial charge is 0.349 e. The Balaban J connectivity index is 2.80. The molecule has 0 fully saturated rings. The molecule has 16 heavy (non-hydrogen) atoms. The van der Waals surface area contributed by atoms with E-state index in [4.69, 9.17) is 11.6 Å². The van der Waals surface area contributed by atoms with Crippen LogP contribution in [0.5, 0.6) is 0 Å². The first kappa shape index (κ1) is 13.0. The molecular formula is C12H15ClFNO. The van der Waals surface area contributed by atoms with Crippen molar-refractivity contribution in [3.63, 3.8) is 0 Å². The third-order valence-corrected chi connectivity index (χ3v) is 2.73. The Kier molecular flexibility index (Phi) is 4.74. The second kappa shape index (κ2) is 5.85. The van der Waals surface area contributed by atoms with Gasteiger partial charge >= 0.3 is 0 Å². The number of halogens is 2. The Morgan fingerprint density at radius 1 is 1.44 bits per heavy atom. The van der Waals surface area contributed by atoms with E-state index < -0.39 is 5.82 Å². The van der Waals surface area contributed by atoms with Gasteiger partial charge in [-0.2, -0.15) is 0 Å². The summed E-state index contributed by atoms with van der Waals surface area (Å²) in [5.74, 6) is -0.973. The van der Waals surface area contributed by atoms with Crippen molar-refractivity contribution < 1.29 is 9.18 Å². The minimum Gasteiger partial charge on any atom is -0.349 e. The van der Waals surface area contributed by atoms with Crippen LogP contribution in [0.1, 0.15) is 37.0 Å². The fourth-order valence-corrected chi connectivity index (χ4v) is 1.59. The molecule has 0 aliphatic rings. The first-order valence-corrected chi connectivity index (χ1v) is 5.72. The molecule has 0 unspecified atom stereocenters. The molecule has 1 amide bonds. The van der Waals surface area contributed by atoms with Crippen molar-refractivity contribution in [1.82, 2.24) is 5.32 Å². The fraction of sp³-hybridized carbons (Fsp3) is 0.417. The van der Waals surface area contributed by atoms with Crippen molar-refractivity contribution >= 4 is 17.5 Å². The third kappa shape index (κ3) is 3.20. The lowest BCUT2D eigenvalue weighted by Crippen LogP contribution is -2.34. The highest BCUT2D eigenvalue weighted by atomic mass is 35.5. The number of amides is 1. The molecule has 0 aliphatic carbocycles. The van der Waals surface area contributed by atoms with Crippen LogP contribution in [0.3, 0.4) is 0 Å². The Morgan fingerprint density at radius 2 is 2.06 bits per heavy atom. The summed E-state index contributed by atoms with van der Waals surface area (Å²) in [5.41, 5.74) is 0.0382. The first-order chi connectivity index (χ1) is 7.58. The monoisotopic (exact) mass is 243 g/mol. The zero-order valence-electron chi connectivity index (χ0n) is 9.39. The third-order valence-electron chi connectivity index (χ3n) is 2.50. The fourth-order valence-electron chi connectivity index (χ4n) is 1.43. The number of hydrogen-bond acceptors (Lipinski definition) is 1. The van der Waals surface area contributed by atoms with E-state index in [1.165, 1.54) is 12.1 Å². The number of benzene rings is 1. The summed E-state index contributed by atoms with van der Waals surface area (Å²) in [4.78, 5) is 11.7. The Labute approximate surface area is 99.8 Å². The van der Waals surface area contributed by atoms with Crippen molar-refractivity contribution in [2.24, 2.45) is 0 Å². The van der Waals surface area contributed by atoms with Gasteiger partial charge in [0.2, 0.25) is 0 Å². The second-order valence-corrected chi connectivity index (χ2v) is 4.05. The Morgan fingerprint density at radius 3 is 2.56 bits per heavy atom. The van der Waals surface area contributed by atoms with Gasteiger partial charge in [0.1, 0.15) is 5.82 Å². The zero-order chi connectivity index (χ0) is 12.1. The van der Waals surface area contributed by atoms with Crippen molar-refractivity contribution in [2.45, 2.75) is 32.7 Å². The van der Waals surface area contributed by atoms with E-state index in [9.17, 15) is 9.18 Å². The van der Waals surface area contributed by atoms with Crippen LogP contribution in [-0.2, 0) is 0 Å². The summed E-state index contributed by atoms with van der Waals surface area (Å²) in [6.07, 6.45) is 1.66. The molecule has 0 saturated heterocycles. The van der Waals surface area contributed by atoms with Gasteiger partial charge in [-0.05, 0) is 31.0 Å². The van der Waals surface area contributed by atoms with Crippen LogP contribution in [0.25, 0.3) is 0 Å². The maximum Gasteiger partial charge on any atom is 0.254 e. The van der Waals surface area contributed by atoms with Gasteiger partial charge < -0.3 is 5.32 Å². The number of hydrogen-bond donors (Lipinski definition) is 1. The maximum absolute atomic E-state index is 13.4. The van der Waals surface area contributed by atoms with Crippen molar-refractivity contribution in [3.05, 3.63) is 34.6 Å². The zero-order valence-corrected chi connectivity index (χ0v) is 10.1. The molecule has 4 heteroatoms. The van der Waals surface area contributed by atoms with Gasteiger partial charge in [0.05, 0.1) is 5.56 Å². The molecule has 1 rings (SSSR count). The minimum atomic E-state index is -0.587. The van der Waals surface area contributed by atoms with Crippen molar-refractivity contribution in [1.29, 1.82) is 0 Å². The van der Waals surface area contributed by atoms with Gasteiger partial charge in [-0.3, -0.25) is 4.79 Å². The van der Waals surface area contributed by atoms with E-state index in [1.807, 2.05) is 13.8 Å². The molecule has 1 aromatic rings. The van der Waals surface area contributed by atoms with Crippen LogP contribution >= 0.6 is 11.6 Å². The minimum absolute atomic E-state index is 0.0382. The molecule has 0 radical (unpaired) electrons. The molecule has 0 aromatic heterocycles. The summed E-state index contributed by atoms with van der Waals surface area (Å²) in [5, 5.41) is 3.06. The average molecular weight is 244 g/mol. The summed E-state index contributed by atoms with van der Waals surface area (Å²) in [6, 6.07) is 4.13. The van der Waals surface area contributed by atoms with Crippen molar-refractivity contribution in [3.8, 4) is 0 Å². The summed E-state index contributed by atoms with van der Waals surface area (Å²) in [7, 11) is 0. The molecule has 0 aliphatic heterocycles. The van der Waals surface area contributed by atoms with Crippen molar-refractivity contribution in [2.75, 3.05) is 0 Å². The van der Waals surface area contributed by atoms with E-state index in [-0.39, 0.29) is 22.5 Å². The molecule has 0 saturated carbocycles. The normalized spacial score (nSPS) is 10.6. The SMILES string of the molecule is CCC(CC)NC(=O)c1ccc(Cl)cc1F. The summed E-state index contributed by atoms with van der Waals surface area (Å²) >= 11 is 5.61. The van der Waals surface area contributed by atoms with Crippen LogP contribution < -0.4 is 5.32 Å². The molecule has 1 aromatic carbocycles. The standard InChI is InChI=1S/C12H15ClFNO/c1-3-9(4-2)15-12(16)10-6-5-8(13)7-11(10)14/h5-7,9H,3-4H2,1-2H3,(H,15,16). The van der Waals surface area contributed by atoms with Gasteiger partial charge in [0.25, 0.3) is 5.91 Å². The Bertz CT molecular complexity index is 377. The number of carbonyl (C=O) groups is 1. The molecule has 2 nitrogen and oxygen atoms in total. The lowest BCUT2D eigenvalue weighted by molar-refractivity contribution is 0.0931. The van der Waals surface area contributed by atoms with E-state index in [2.05, 4.69) is 5.32 Å². The number of rotatable bonds is 4. The van der Waals surface area contributed by atoms with Crippen LogP contribution in [0.2, 0.25) is 5.02 Å².